The number of thioether (sulfide) groups is 1. The van der Waals surface area contributed by atoms with Gasteiger partial charge in [0.2, 0.25) is 17.7 Å². The van der Waals surface area contributed by atoms with Crippen molar-refractivity contribution in [3.05, 3.63) is 46.4 Å². The Kier molecular flexibility index (Phi) is 7.44. The van der Waals surface area contributed by atoms with Gasteiger partial charge in [-0.1, -0.05) is 18.2 Å². The maximum atomic E-state index is 12.7. The number of para-hydroxylation sites is 1. The number of nitrogens with zero attached hydrogens (tertiary/aromatic N) is 3. The van der Waals surface area contributed by atoms with E-state index in [2.05, 4.69) is 4.98 Å². The third-order valence-corrected chi connectivity index (χ3v) is 7.92. The molecule has 0 saturated carbocycles. The molecule has 2 aliphatic heterocycles. The van der Waals surface area contributed by atoms with E-state index in [-0.39, 0.29) is 35.8 Å². The highest BCUT2D eigenvalue weighted by Gasteiger charge is 2.40. The highest BCUT2D eigenvalue weighted by molar-refractivity contribution is 8.01. The SMILES string of the molecule is CCOC(=O)c1csc(C2CCN(C(=O)CSC3CC(=O)N(c4ccccc4)C3=O)CC2)n1. The third-order valence-electron chi connectivity index (χ3n) is 5.73. The van der Waals surface area contributed by atoms with Crippen molar-refractivity contribution in [3.8, 4) is 0 Å². The highest BCUT2D eigenvalue weighted by Crippen LogP contribution is 2.32. The molecule has 1 unspecified atom stereocenters. The topological polar surface area (TPSA) is 96.9 Å². The van der Waals surface area contributed by atoms with Gasteiger partial charge < -0.3 is 9.64 Å². The molecule has 0 N–H and O–H groups in total. The summed E-state index contributed by atoms with van der Waals surface area (Å²) in [6, 6.07) is 8.86. The average molecular weight is 488 g/mol. The minimum absolute atomic E-state index is 0.0248. The Hall–Kier alpha value is -2.72. The lowest BCUT2D eigenvalue weighted by molar-refractivity contribution is -0.129. The van der Waals surface area contributed by atoms with Crippen molar-refractivity contribution in [1.82, 2.24) is 9.88 Å². The van der Waals surface area contributed by atoms with E-state index in [1.54, 1.807) is 41.5 Å². The number of anilines is 1. The second-order valence-electron chi connectivity index (χ2n) is 7.85. The van der Waals surface area contributed by atoms with E-state index in [1.165, 1.54) is 28.0 Å². The normalized spacial score (nSPS) is 19.2. The van der Waals surface area contributed by atoms with Gasteiger partial charge in [-0.3, -0.25) is 14.4 Å². The summed E-state index contributed by atoms with van der Waals surface area (Å²) in [7, 11) is 0. The molecule has 2 saturated heterocycles. The van der Waals surface area contributed by atoms with Crippen LogP contribution in [0.1, 0.15) is 47.6 Å². The monoisotopic (exact) mass is 487 g/mol. The number of carbonyl (C=O) groups is 4. The van der Waals surface area contributed by atoms with Crippen LogP contribution in [0.3, 0.4) is 0 Å². The number of piperidine rings is 1. The molecule has 8 nitrogen and oxygen atoms in total. The van der Waals surface area contributed by atoms with Crippen molar-refractivity contribution in [2.75, 3.05) is 30.3 Å². The van der Waals surface area contributed by atoms with Gasteiger partial charge in [-0.2, -0.15) is 0 Å². The van der Waals surface area contributed by atoms with E-state index >= 15 is 0 Å². The summed E-state index contributed by atoms with van der Waals surface area (Å²) in [5.74, 6) is -0.547. The molecule has 1 aromatic heterocycles. The molecule has 1 aromatic carbocycles. The van der Waals surface area contributed by atoms with Crippen LogP contribution in [0.25, 0.3) is 0 Å². The molecule has 0 bridgehead atoms. The van der Waals surface area contributed by atoms with Crippen LogP contribution in [0.15, 0.2) is 35.7 Å². The Labute approximate surface area is 200 Å². The van der Waals surface area contributed by atoms with Crippen molar-refractivity contribution in [3.63, 3.8) is 0 Å². The second kappa shape index (κ2) is 10.5. The molecule has 2 fully saturated rings. The van der Waals surface area contributed by atoms with Crippen molar-refractivity contribution in [1.29, 1.82) is 0 Å². The van der Waals surface area contributed by atoms with E-state index in [4.69, 9.17) is 4.74 Å². The fraction of sp³-hybridized carbons (Fsp3) is 0.435. The number of aromatic nitrogens is 1. The lowest BCUT2D eigenvalue weighted by Gasteiger charge is -2.31. The Balaban J connectivity index is 1.26. The predicted octanol–water partition coefficient (Wildman–Crippen LogP) is 3.09. The fourth-order valence-electron chi connectivity index (χ4n) is 4.00. The molecule has 0 radical (unpaired) electrons. The van der Waals surface area contributed by atoms with Gasteiger partial charge in [0.25, 0.3) is 0 Å². The van der Waals surface area contributed by atoms with Crippen LogP contribution in [0.4, 0.5) is 5.69 Å². The van der Waals surface area contributed by atoms with Crippen molar-refractivity contribution in [2.24, 2.45) is 0 Å². The van der Waals surface area contributed by atoms with E-state index in [0.29, 0.717) is 31.1 Å². The van der Waals surface area contributed by atoms with Crippen molar-refractivity contribution in [2.45, 2.75) is 37.4 Å². The van der Waals surface area contributed by atoms with Crippen LogP contribution in [-0.4, -0.2) is 64.3 Å². The number of ether oxygens (including phenoxy) is 1. The van der Waals surface area contributed by atoms with Gasteiger partial charge in [0, 0.05) is 30.8 Å². The number of hydrogen-bond donors (Lipinski definition) is 0. The molecule has 0 spiro atoms. The zero-order chi connectivity index (χ0) is 23.4. The van der Waals surface area contributed by atoms with E-state index in [9.17, 15) is 19.2 Å². The maximum Gasteiger partial charge on any atom is 0.357 e. The van der Waals surface area contributed by atoms with Gasteiger partial charge in [0.05, 0.1) is 28.3 Å². The largest absolute Gasteiger partial charge is 0.461 e. The number of likely N-dealkylation sites (tertiary alicyclic amines) is 1. The molecular formula is C23H25N3O5S2. The third kappa shape index (κ3) is 5.27. The maximum absolute atomic E-state index is 12.7. The van der Waals surface area contributed by atoms with E-state index in [1.807, 2.05) is 6.07 Å². The van der Waals surface area contributed by atoms with Crippen LogP contribution in [-0.2, 0) is 19.1 Å². The van der Waals surface area contributed by atoms with Crippen molar-refractivity contribution >= 4 is 52.5 Å². The first kappa shape index (κ1) is 23.4. The smallest absolute Gasteiger partial charge is 0.357 e. The number of imide groups is 1. The number of rotatable bonds is 7. The number of carbonyl (C=O) groups excluding carboxylic acids is 4. The first-order valence-corrected chi connectivity index (χ1v) is 12.8. The standard InChI is InChI=1S/C23H25N3O5S2/c1-2-31-23(30)17-13-33-21(24-17)15-8-10-25(11-9-15)20(28)14-32-18-12-19(27)26(22(18)29)16-6-4-3-5-7-16/h3-7,13,15,18H,2,8-12,14H2,1H3. The predicted molar refractivity (Wildman–Crippen MR) is 126 cm³/mol. The quantitative estimate of drug-likeness (QED) is 0.437. The number of thiazole rings is 1. The zero-order valence-electron chi connectivity index (χ0n) is 18.3. The van der Waals surface area contributed by atoms with Crippen LogP contribution in [0.2, 0.25) is 0 Å². The van der Waals surface area contributed by atoms with E-state index in [0.717, 1.165) is 17.8 Å². The summed E-state index contributed by atoms with van der Waals surface area (Å²) >= 11 is 2.69. The highest BCUT2D eigenvalue weighted by atomic mass is 32.2. The molecule has 0 aliphatic carbocycles. The molecule has 1 atom stereocenters. The van der Waals surface area contributed by atoms with E-state index < -0.39 is 11.2 Å². The molecule has 4 rings (SSSR count). The average Bonchev–Trinajstić information content (AvgIpc) is 3.43. The van der Waals surface area contributed by atoms with Crippen LogP contribution in [0.5, 0.6) is 0 Å². The van der Waals surface area contributed by atoms with Gasteiger partial charge in [-0.15, -0.1) is 23.1 Å². The summed E-state index contributed by atoms with van der Waals surface area (Å²) in [5.41, 5.74) is 0.907. The number of benzene rings is 1. The minimum Gasteiger partial charge on any atom is -0.461 e. The molecular weight excluding hydrogens is 462 g/mol. The van der Waals surface area contributed by atoms with Crippen LogP contribution in [0, 0.1) is 0 Å². The summed E-state index contributed by atoms with van der Waals surface area (Å²) in [6.07, 6.45) is 1.66. The Morgan fingerprint density at radius 3 is 2.61 bits per heavy atom. The first-order chi connectivity index (χ1) is 16.0. The number of hydrogen-bond acceptors (Lipinski definition) is 8. The summed E-state index contributed by atoms with van der Waals surface area (Å²) in [6.45, 7) is 3.28. The Bertz CT molecular complexity index is 1030. The van der Waals surface area contributed by atoms with Gasteiger partial charge in [-0.05, 0) is 31.9 Å². The van der Waals surface area contributed by atoms with Gasteiger partial charge in [-0.25, -0.2) is 14.7 Å². The minimum atomic E-state index is -0.532. The lowest BCUT2D eigenvalue weighted by atomic mass is 9.97. The summed E-state index contributed by atoms with van der Waals surface area (Å²) in [4.78, 5) is 57.1. The van der Waals surface area contributed by atoms with Gasteiger partial charge in [0.15, 0.2) is 5.69 Å². The first-order valence-electron chi connectivity index (χ1n) is 10.9. The van der Waals surface area contributed by atoms with Gasteiger partial charge >= 0.3 is 5.97 Å². The molecule has 2 aromatic rings. The fourth-order valence-corrected chi connectivity index (χ4v) is 5.99. The van der Waals surface area contributed by atoms with Crippen molar-refractivity contribution < 1.29 is 23.9 Å². The second-order valence-corrected chi connectivity index (χ2v) is 9.93. The summed E-state index contributed by atoms with van der Waals surface area (Å²) in [5, 5.41) is 2.09. The zero-order valence-corrected chi connectivity index (χ0v) is 19.9. The molecule has 2 aliphatic rings. The van der Waals surface area contributed by atoms with Crippen LogP contribution < -0.4 is 4.90 Å². The Morgan fingerprint density at radius 2 is 1.91 bits per heavy atom. The van der Waals surface area contributed by atoms with Crippen LogP contribution >= 0.6 is 23.1 Å². The number of esters is 1. The number of amides is 3. The van der Waals surface area contributed by atoms with Gasteiger partial charge in [0.1, 0.15) is 0 Å². The Morgan fingerprint density at radius 1 is 1.18 bits per heavy atom. The lowest BCUT2D eigenvalue weighted by Crippen LogP contribution is -2.39. The molecule has 10 heteroatoms. The molecule has 174 valence electrons. The summed E-state index contributed by atoms with van der Waals surface area (Å²) < 4.78 is 4.99. The molecule has 3 amide bonds. The molecule has 3 heterocycles. The molecule has 33 heavy (non-hydrogen) atoms.